The molecule has 0 radical (unpaired) electrons. The number of hydrogen-bond donors (Lipinski definition) is 0. The molecule has 0 heterocycles. The smallest absolute Gasteiger partial charge is 0.0873 e. The zero-order valence-corrected chi connectivity index (χ0v) is 12.9. The lowest BCUT2D eigenvalue weighted by Gasteiger charge is -2.31. The molecule has 1 atom stereocenters. The highest BCUT2D eigenvalue weighted by Gasteiger charge is 2.31. The first-order valence-corrected chi connectivity index (χ1v) is 10.5. The van der Waals surface area contributed by atoms with Crippen molar-refractivity contribution in [1.82, 2.24) is 0 Å². The van der Waals surface area contributed by atoms with Crippen molar-refractivity contribution in [2.24, 2.45) is 0 Å². The molecule has 2 rings (SSSR count). The maximum absolute atomic E-state index is 2.55. The average Bonchev–Trinajstić information content (AvgIpc) is 2.53. The van der Waals surface area contributed by atoms with Crippen molar-refractivity contribution in [3.05, 3.63) is 42.5 Å². The van der Waals surface area contributed by atoms with Crippen LogP contribution < -0.4 is 5.19 Å². The Labute approximate surface area is 113 Å². The lowest BCUT2D eigenvalue weighted by Crippen LogP contribution is -2.45. The molecule has 18 heavy (non-hydrogen) atoms. The zero-order chi connectivity index (χ0) is 12.8. The third-order valence-electron chi connectivity index (χ3n) is 4.45. The van der Waals surface area contributed by atoms with Gasteiger partial charge < -0.3 is 0 Å². The number of hydrogen-bond acceptors (Lipinski definition) is 0. The summed E-state index contributed by atoms with van der Waals surface area (Å²) < 4.78 is 0. The van der Waals surface area contributed by atoms with Gasteiger partial charge in [0, 0.05) is 0 Å². The van der Waals surface area contributed by atoms with E-state index in [1.54, 1.807) is 5.19 Å². The first-order chi connectivity index (χ1) is 8.71. The van der Waals surface area contributed by atoms with Crippen molar-refractivity contribution >= 4 is 13.3 Å². The Balaban J connectivity index is 2.18. The van der Waals surface area contributed by atoms with Crippen LogP contribution in [-0.2, 0) is 0 Å². The minimum absolute atomic E-state index is 0.818. The van der Waals surface area contributed by atoms with Crippen molar-refractivity contribution in [3.8, 4) is 0 Å². The minimum Gasteiger partial charge on any atom is -0.0885 e. The topological polar surface area (TPSA) is 0 Å². The summed E-state index contributed by atoms with van der Waals surface area (Å²) in [6.45, 7) is 5.07. The molecule has 0 aliphatic heterocycles. The highest BCUT2D eigenvalue weighted by molar-refractivity contribution is 6.91. The number of rotatable bonds is 2. The van der Waals surface area contributed by atoms with Gasteiger partial charge in [-0.2, -0.15) is 0 Å². The molecular weight excluding hydrogens is 232 g/mol. The van der Waals surface area contributed by atoms with E-state index in [1.165, 1.54) is 38.5 Å². The quantitative estimate of drug-likeness (QED) is 0.524. The second-order valence-electron chi connectivity index (χ2n) is 6.11. The first-order valence-electron chi connectivity index (χ1n) is 7.43. The van der Waals surface area contributed by atoms with Crippen molar-refractivity contribution in [3.63, 3.8) is 0 Å². The molecule has 1 aliphatic carbocycles. The van der Waals surface area contributed by atoms with E-state index in [1.807, 2.05) is 0 Å². The second-order valence-corrected chi connectivity index (χ2v) is 10.9. The van der Waals surface area contributed by atoms with Crippen LogP contribution >= 0.6 is 0 Å². The summed E-state index contributed by atoms with van der Waals surface area (Å²) in [6, 6.07) is 11.2. The van der Waals surface area contributed by atoms with Gasteiger partial charge in [-0.05, 0) is 24.8 Å². The van der Waals surface area contributed by atoms with Gasteiger partial charge in [0.1, 0.15) is 0 Å². The zero-order valence-electron chi connectivity index (χ0n) is 11.9. The molecule has 0 nitrogen and oxygen atoms in total. The molecule has 1 unspecified atom stereocenters. The third-order valence-corrected chi connectivity index (χ3v) is 8.61. The monoisotopic (exact) mass is 258 g/mol. The van der Waals surface area contributed by atoms with Crippen LogP contribution in [0.2, 0.25) is 18.6 Å². The Hall–Kier alpha value is -0.823. The van der Waals surface area contributed by atoms with Crippen LogP contribution in [-0.4, -0.2) is 8.07 Å². The van der Waals surface area contributed by atoms with E-state index in [0.29, 0.717) is 0 Å². The summed E-state index contributed by atoms with van der Waals surface area (Å²) in [4.78, 5) is 0. The lowest BCUT2D eigenvalue weighted by atomic mass is 10.1. The van der Waals surface area contributed by atoms with E-state index >= 15 is 0 Å². The van der Waals surface area contributed by atoms with Gasteiger partial charge in [-0.1, -0.05) is 80.0 Å². The molecule has 0 bridgehead atoms. The molecule has 98 valence electrons. The van der Waals surface area contributed by atoms with Gasteiger partial charge in [-0.15, -0.1) is 0 Å². The average molecular weight is 258 g/mol. The summed E-state index contributed by atoms with van der Waals surface area (Å²) in [5.74, 6) is 0. The molecule has 0 saturated heterocycles. The molecule has 0 fully saturated rings. The van der Waals surface area contributed by atoms with Gasteiger partial charge in [0.15, 0.2) is 0 Å². The second kappa shape index (κ2) is 6.37. The largest absolute Gasteiger partial charge is 0.0885 e. The van der Waals surface area contributed by atoms with Crippen LogP contribution in [0.1, 0.15) is 38.5 Å². The molecule has 1 aromatic carbocycles. The van der Waals surface area contributed by atoms with Crippen LogP contribution in [0.15, 0.2) is 42.5 Å². The maximum Gasteiger partial charge on any atom is 0.0873 e. The summed E-state index contributed by atoms with van der Waals surface area (Å²) >= 11 is 0. The molecule has 0 N–H and O–H groups in total. The molecule has 0 saturated carbocycles. The van der Waals surface area contributed by atoms with E-state index in [4.69, 9.17) is 0 Å². The predicted molar refractivity (Wildman–Crippen MR) is 84.2 cm³/mol. The fraction of sp³-hybridized carbons (Fsp3) is 0.529. The van der Waals surface area contributed by atoms with Gasteiger partial charge in [0.2, 0.25) is 0 Å². The van der Waals surface area contributed by atoms with E-state index in [2.05, 4.69) is 55.6 Å². The van der Waals surface area contributed by atoms with Crippen molar-refractivity contribution in [1.29, 1.82) is 0 Å². The van der Waals surface area contributed by atoms with Gasteiger partial charge in [-0.25, -0.2) is 0 Å². The van der Waals surface area contributed by atoms with E-state index in [9.17, 15) is 0 Å². The minimum atomic E-state index is -1.34. The van der Waals surface area contributed by atoms with Crippen molar-refractivity contribution < 1.29 is 0 Å². The molecule has 0 spiro atoms. The molecule has 0 aromatic heterocycles. The van der Waals surface area contributed by atoms with Gasteiger partial charge in [0.25, 0.3) is 0 Å². The summed E-state index contributed by atoms with van der Waals surface area (Å²) in [7, 11) is -1.34. The van der Waals surface area contributed by atoms with Crippen LogP contribution in [0.5, 0.6) is 0 Å². The fourth-order valence-electron chi connectivity index (χ4n) is 3.02. The number of allylic oxidation sites excluding steroid dienone is 2. The maximum atomic E-state index is 2.55. The Kier molecular flexibility index (Phi) is 4.82. The van der Waals surface area contributed by atoms with E-state index in [0.717, 1.165) is 5.54 Å². The Morgan fingerprint density at radius 3 is 2.44 bits per heavy atom. The van der Waals surface area contributed by atoms with Gasteiger partial charge in [0.05, 0.1) is 8.07 Å². The Bertz CT molecular complexity index is 378. The third kappa shape index (κ3) is 3.35. The van der Waals surface area contributed by atoms with Crippen molar-refractivity contribution in [2.45, 2.75) is 57.2 Å². The normalized spacial score (nSPS) is 22.0. The van der Waals surface area contributed by atoms with Crippen LogP contribution in [0, 0.1) is 0 Å². The number of benzene rings is 1. The Morgan fingerprint density at radius 2 is 1.67 bits per heavy atom. The van der Waals surface area contributed by atoms with Crippen LogP contribution in [0.4, 0.5) is 0 Å². The summed E-state index contributed by atoms with van der Waals surface area (Å²) in [6.07, 6.45) is 13.3. The highest BCUT2D eigenvalue weighted by atomic mass is 28.3. The standard InChI is InChI=1S/C17H26Si/c1-18(2,17-14-10-7-11-15-17)16-12-8-5-3-4-6-9-13-16/h7-8,10-12,14-16H,3-6,9,13H2,1-2H3. The van der Waals surface area contributed by atoms with E-state index < -0.39 is 8.07 Å². The van der Waals surface area contributed by atoms with E-state index in [-0.39, 0.29) is 0 Å². The summed E-state index contributed by atoms with van der Waals surface area (Å²) in [5, 5.41) is 1.61. The molecular formula is C17H26Si. The van der Waals surface area contributed by atoms with Crippen LogP contribution in [0.3, 0.4) is 0 Å². The fourth-order valence-corrected chi connectivity index (χ4v) is 6.04. The summed E-state index contributed by atoms with van der Waals surface area (Å²) in [5.41, 5.74) is 0.818. The highest BCUT2D eigenvalue weighted by Crippen LogP contribution is 2.30. The first kappa shape index (κ1) is 13.6. The molecule has 1 heteroatoms. The molecule has 1 aromatic rings. The molecule has 1 aliphatic rings. The predicted octanol–water partition coefficient (Wildman–Crippen LogP) is 4.88. The molecule has 0 amide bonds. The van der Waals surface area contributed by atoms with Gasteiger partial charge >= 0.3 is 0 Å². The Morgan fingerprint density at radius 1 is 0.944 bits per heavy atom. The van der Waals surface area contributed by atoms with Crippen molar-refractivity contribution in [2.75, 3.05) is 0 Å². The van der Waals surface area contributed by atoms with Gasteiger partial charge in [-0.3, -0.25) is 0 Å². The SMILES string of the molecule is C[Si](C)(c1ccccc1)C1C=CCCCCCC1. The lowest BCUT2D eigenvalue weighted by molar-refractivity contribution is 0.628. The van der Waals surface area contributed by atoms with Crippen LogP contribution in [0.25, 0.3) is 0 Å².